The van der Waals surface area contributed by atoms with E-state index in [2.05, 4.69) is 0 Å². The highest BCUT2D eigenvalue weighted by Gasteiger charge is 2.35. The number of aryl methyl sites for hydroxylation is 1. The first-order chi connectivity index (χ1) is 17.5. The van der Waals surface area contributed by atoms with E-state index in [9.17, 15) is 9.90 Å². The number of aliphatic hydroxyl groups excluding tert-OH is 1. The van der Waals surface area contributed by atoms with Gasteiger partial charge in [0.05, 0.1) is 24.2 Å². The summed E-state index contributed by atoms with van der Waals surface area (Å²) in [6.45, 7) is 5.58. The Morgan fingerprint density at radius 3 is 2.61 bits per heavy atom. The summed E-state index contributed by atoms with van der Waals surface area (Å²) in [5.74, 6) is 2.31. The lowest BCUT2D eigenvalue weighted by Gasteiger charge is -2.19. The number of para-hydroxylation sites is 2. The summed E-state index contributed by atoms with van der Waals surface area (Å²) in [4.78, 5) is 19.7. The van der Waals surface area contributed by atoms with Crippen LogP contribution in [0.5, 0.6) is 11.5 Å². The second-order valence-electron chi connectivity index (χ2n) is 9.18. The highest BCUT2D eigenvalue weighted by Crippen LogP contribution is 2.34. The van der Waals surface area contributed by atoms with Crippen LogP contribution in [0.1, 0.15) is 30.7 Å². The molecule has 1 aliphatic rings. The number of carbonyl (C=O) groups is 1. The molecule has 2 atom stereocenters. The van der Waals surface area contributed by atoms with Gasteiger partial charge in [-0.05, 0) is 67.9 Å². The van der Waals surface area contributed by atoms with Crippen LogP contribution in [0, 0.1) is 6.92 Å². The fourth-order valence-electron chi connectivity index (χ4n) is 4.78. The molecule has 36 heavy (non-hydrogen) atoms. The molecular formula is C29H31N3O4. The zero-order valence-electron chi connectivity index (χ0n) is 20.6. The predicted molar refractivity (Wildman–Crippen MR) is 140 cm³/mol. The van der Waals surface area contributed by atoms with E-state index < -0.39 is 6.10 Å². The monoisotopic (exact) mass is 485 g/mol. The molecule has 3 aromatic carbocycles. The van der Waals surface area contributed by atoms with Crippen molar-refractivity contribution in [2.75, 3.05) is 24.7 Å². The molecule has 1 aliphatic heterocycles. The van der Waals surface area contributed by atoms with Gasteiger partial charge in [0.1, 0.15) is 30.0 Å². The number of ether oxygens (including phenoxy) is 2. The second-order valence-corrected chi connectivity index (χ2v) is 9.18. The Bertz CT molecular complexity index is 1350. The van der Waals surface area contributed by atoms with Gasteiger partial charge in [0.2, 0.25) is 5.91 Å². The molecule has 5 rings (SSSR count). The van der Waals surface area contributed by atoms with Gasteiger partial charge in [0, 0.05) is 24.6 Å². The minimum Gasteiger partial charge on any atom is -0.494 e. The summed E-state index contributed by atoms with van der Waals surface area (Å²) < 4.78 is 13.4. The van der Waals surface area contributed by atoms with Crippen LogP contribution in [0.4, 0.5) is 5.69 Å². The lowest BCUT2D eigenvalue weighted by atomic mass is 10.1. The normalized spacial score (nSPS) is 16.5. The van der Waals surface area contributed by atoms with E-state index in [-0.39, 0.29) is 18.4 Å². The molecular weight excluding hydrogens is 454 g/mol. The molecule has 1 aromatic heterocycles. The molecule has 0 bridgehead atoms. The van der Waals surface area contributed by atoms with Crippen molar-refractivity contribution in [1.29, 1.82) is 0 Å². The van der Waals surface area contributed by atoms with Crippen LogP contribution in [0.2, 0.25) is 0 Å². The molecule has 1 fully saturated rings. The topological polar surface area (TPSA) is 76.8 Å². The first kappa shape index (κ1) is 23.9. The van der Waals surface area contributed by atoms with Gasteiger partial charge in [-0.2, -0.15) is 0 Å². The fourth-order valence-corrected chi connectivity index (χ4v) is 4.78. The number of anilines is 1. The third-order valence-electron chi connectivity index (χ3n) is 6.46. The number of aromatic nitrogens is 2. The van der Waals surface area contributed by atoms with Crippen LogP contribution in [0.3, 0.4) is 0 Å². The van der Waals surface area contributed by atoms with Gasteiger partial charge in [0.15, 0.2) is 0 Å². The molecule has 1 N–H and O–H groups in total. The van der Waals surface area contributed by atoms with E-state index in [1.807, 2.05) is 91.2 Å². The van der Waals surface area contributed by atoms with Crippen LogP contribution in [0.25, 0.3) is 11.0 Å². The first-order valence-corrected chi connectivity index (χ1v) is 12.4. The average Bonchev–Trinajstić information content (AvgIpc) is 3.44. The van der Waals surface area contributed by atoms with Crippen molar-refractivity contribution in [3.05, 3.63) is 84.2 Å². The molecule has 7 heteroatoms. The lowest BCUT2D eigenvalue weighted by Crippen LogP contribution is -2.26. The Kier molecular flexibility index (Phi) is 6.91. The van der Waals surface area contributed by atoms with E-state index in [4.69, 9.17) is 14.5 Å². The number of fused-ring (bicyclic) bond motifs is 1. The maximum absolute atomic E-state index is 13.0. The highest BCUT2D eigenvalue weighted by molar-refractivity contribution is 5.96. The van der Waals surface area contributed by atoms with Crippen LogP contribution >= 0.6 is 0 Å². The quantitative estimate of drug-likeness (QED) is 0.372. The Balaban J connectivity index is 1.35. The molecule has 4 aromatic rings. The lowest BCUT2D eigenvalue weighted by molar-refractivity contribution is -0.117. The number of hydrogen-bond donors (Lipinski definition) is 1. The second kappa shape index (κ2) is 10.4. The SMILES string of the molecule is CCOc1ccc(N2C[C@@H](c3nc4ccccc4n3C[C@H](O)COc3cccc(C)c3)CC2=O)cc1. The molecule has 2 heterocycles. The molecule has 0 aliphatic carbocycles. The van der Waals surface area contributed by atoms with Gasteiger partial charge in [-0.1, -0.05) is 24.3 Å². The smallest absolute Gasteiger partial charge is 0.227 e. The maximum atomic E-state index is 13.0. The van der Waals surface area contributed by atoms with Gasteiger partial charge in [-0.25, -0.2) is 4.98 Å². The summed E-state index contributed by atoms with van der Waals surface area (Å²) >= 11 is 0. The number of nitrogens with zero attached hydrogens (tertiary/aromatic N) is 3. The Morgan fingerprint density at radius 2 is 1.83 bits per heavy atom. The number of aliphatic hydroxyl groups is 1. The first-order valence-electron chi connectivity index (χ1n) is 12.4. The summed E-state index contributed by atoms with van der Waals surface area (Å²) in [6, 6.07) is 23.3. The maximum Gasteiger partial charge on any atom is 0.227 e. The minimum atomic E-state index is -0.735. The molecule has 7 nitrogen and oxygen atoms in total. The van der Waals surface area contributed by atoms with Crippen LogP contribution in [-0.4, -0.2) is 46.4 Å². The van der Waals surface area contributed by atoms with E-state index in [0.717, 1.165) is 39.6 Å². The number of imidazole rings is 1. The van der Waals surface area contributed by atoms with Gasteiger partial charge >= 0.3 is 0 Å². The number of carbonyl (C=O) groups excluding carboxylic acids is 1. The molecule has 1 amide bonds. The largest absolute Gasteiger partial charge is 0.494 e. The van der Waals surface area contributed by atoms with E-state index in [0.29, 0.717) is 26.1 Å². The van der Waals surface area contributed by atoms with Crippen LogP contribution in [-0.2, 0) is 11.3 Å². The molecule has 0 saturated carbocycles. The zero-order chi connectivity index (χ0) is 25.1. The van der Waals surface area contributed by atoms with Gasteiger partial charge in [0.25, 0.3) is 0 Å². The zero-order valence-corrected chi connectivity index (χ0v) is 20.6. The minimum absolute atomic E-state index is 0.0612. The Hall–Kier alpha value is -3.84. The third-order valence-corrected chi connectivity index (χ3v) is 6.46. The van der Waals surface area contributed by atoms with Crippen molar-refractivity contribution in [3.63, 3.8) is 0 Å². The van der Waals surface area contributed by atoms with Gasteiger partial charge in [-0.3, -0.25) is 4.79 Å². The van der Waals surface area contributed by atoms with Crippen LogP contribution < -0.4 is 14.4 Å². The van der Waals surface area contributed by atoms with Crippen molar-refractivity contribution in [3.8, 4) is 11.5 Å². The van der Waals surface area contributed by atoms with Crippen molar-refractivity contribution in [1.82, 2.24) is 9.55 Å². The van der Waals surface area contributed by atoms with E-state index in [1.54, 1.807) is 4.90 Å². The average molecular weight is 486 g/mol. The number of rotatable bonds is 9. The van der Waals surface area contributed by atoms with Crippen LogP contribution in [0.15, 0.2) is 72.8 Å². The standard InChI is InChI=1S/C29H31N3O4/c1-3-35-24-13-11-22(12-14-24)31-17-21(16-28(31)34)29-30-26-9-4-5-10-27(26)32(29)18-23(33)19-36-25-8-6-7-20(2)15-25/h4-15,21,23,33H,3,16-19H2,1-2H3/t21-,23-/m0/s1. The molecule has 186 valence electrons. The van der Waals surface area contributed by atoms with E-state index in [1.165, 1.54) is 0 Å². The predicted octanol–water partition coefficient (Wildman–Crippen LogP) is 4.70. The van der Waals surface area contributed by atoms with Crippen molar-refractivity contribution in [2.24, 2.45) is 0 Å². The summed E-state index contributed by atoms with van der Waals surface area (Å²) in [6.07, 6.45) is -0.368. The Morgan fingerprint density at radius 1 is 1.03 bits per heavy atom. The third kappa shape index (κ3) is 5.06. The van der Waals surface area contributed by atoms with E-state index >= 15 is 0 Å². The number of amides is 1. The molecule has 0 spiro atoms. The van der Waals surface area contributed by atoms with Crippen molar-refractivity contribution < 1.29 is 19.4 Å². The molecule has 1 saturated heterocycles. The van der Waals surface area contributed by atoms with Crippen molar-refractivity contribution >= 4 is 22.6 Å². The summed E-state index contributed by atoms with van der Waals surface area (Å²) in [5, 5.41) is 10.9. The molecule has 0 unspecified atom stereocenters. The number of hydrogen-bond acceptors (Lipinski definition) is 5. The molecule has 0 radical (unpaired) electrons. The van der Waals surface area contributed by atoms with Crippen molar-refractivity contribution in [2.45, 2.75) is 38.8 Å². The fraction of sp³-hybridized carbons (Fsp3) is 0.310. The van der Waals surface area contributed by atoms with Gasteiger partial charge < -0.3 is 24.0 Å². The number of benzene rings is 3. The Labute approximate surface area is 210 Å². The summed E-state index contributed by atoms with van der Waals surface area (Å²) in [7, 11) is 0. The van der Waals surface area contributed by atoms with Gasteiger partial charge in [-0.15, -0.1) is 0 Å². The highest BCUT2D eigenvalue weighted by atomic mass is 16.5. The summed E-state index contributed by atoms with van der Waals surface area (Å²) in [5.41, 5.74) is 3.74.